The van der Waals surface area contributed by atoms with E-state index in [-0.39, 0.29) is 11.9 Å². The number of piperidine rings is 1. The second kappa shape index (κ2) is 5.98. The molecule has 0 bridgehead atoms. The number of methoxy groups -OCH3 is 1. The van der Waals surface area contributed by atoms with Crippen LogP contribution in [0.5, 0.6) is 0 Å². The van der Waals surface area contributed by atoms with E-state index in [2.05, 4.69) is 10.2 Å². The van der Waals surface area contributed by atoms with Crippen molar-refractivity contribution in [3.63, 3.8) is 0 Å². The van der Waals surface area contributed by atoms with E-state index in [1.807, 2.05) is 7.05 Å². The first-order valence-corrected chi connectivity index (χ1v) is 5.22. The van der Waals surface area contributed by atoms with E-state index in [1.165, 1.54) is 7.11 Å². The average molecular weight is 200 g/mol. The quantitative estimate of drug-likeness (QED) is 0.653. The van der Waals surface area contributed by atoms with Crippen molar-refractivity contribution >= 4 is 5.97 Å². The van der Waals surface area contributed by atoms with E-state index in [0.29, 0.717) is 0 Å². The fourth-order valence-electron chi connectivity index (χ4n) is 1.83. The summed E-state index contributed by atoms with van der Waals surface area (Å²) in [6, 6.07) is 0. The van der Waals surface area contributed by atoms with Gasteiger partial charge in [0, 0.05) is 13.1 Å². The van der Waals surface area contributed by atoms with Gasteiger partial charge in [-0.1, -0.05) is 0 Å². The summed E-state index contributed by atoms with van der Waals surface area (Å²) in [7, 11) is 3.43. The number of carbonyl (C=O) groups excluding carboxylic acids is 1. The van der Waals surface area contributed by atoms with Gasteiger partial charge in [-0.05, 0) is 33.0 Å². The second-order valence-electron chi connectivity index (χ2n) is 3.74. The van der Waals surface area contributed by atoms with E-state index in [4.69, 9.17) is 4.74 Å². The van der Waals surface area contributed by atoms with Crippen LogP contribution in [0.25, 0.3) is 0 Å². The van der Waals surface area contributed by atoms with Gasteiger partial charge in [-0.15, -0.1) is 0 Å². The molecule has 82 valence electrons. The average Bonchev–Trinajstić information content (AvgIpc) is 2.26. The first kappa shape index (κ1) is 11.5. The van der Waals surface area contributed by atoms with Crippen LogP contribution in [0.3, 0.4) is 0 Å². The Morgan fingerprint density at radius 3 is 2.64 bits per heavy atom. The molecule has 0 aromatic heterocycles. The van der Waals surface area contributed by atoms with Crippen LogP contribution in [0.1, 0.15) is 12.8 Å². The highest BCUT2D eigenvalue weighted by Crippen LogP contribution is 2.17. The molecule has 0 aromatic carbocycles. The van der Waals surface area contributed by atoms with E-state index < -0.39 is 0 Å². The molecule has 1 fully saturated rings. The minimum Gasteiger partial charge on any atom is -0.469 e. The topological polar surface area (TPSA) is 41.6 Å². The maximum absolute atomic E-state index is 11.2. The minimum absolute atomic E-state index is 0.0433. The van der Waals surface area contributed by atoms with Crippen molar-refractivity contribution < 1.29 is 9.53 Å². The summed E-state index contributed by atoms with van der Waals surface area (Å²) in [5.41, 5.74) is 0. The normalized spacial score (nSPS) is 19.6. The van der Waals surface area contributed by atoms with Gasteiger partial charge in [0.25, 0.3) is 0 Å². The maximum Gasteiger partial charge on any atom is 0.308 e. The Hall–Kier alpha value is -0.610. The second-order valence-corrected chi connectivity index (χ2v) is 3.74. The highest BCUT2D eigenvalue weighted by Gasteiger charge is 2.24. The molecule has 0 aromatic rings. The van der Waals surface area contributed by atoms with Gasteiger partial charge in [-0.2, -0.15) is 0 Å². The third kappa shape index (κ3) is 3.27. The van der Waals surface area contributed by atoms with Crippen molar-refractivity contribution in [3.8, 4) is 0 Å². The molecule has 0 spiro atoms. The lowest BCUT2D eigenvalue weighted by atomic mass is 9.97. The first-order chi connectivity index (χ1) is 6.77. The molecule has 4 nitrogen and oxygen atoms in total. The SMILES string of the molecule is CNCCN1CCC(C(=O)OC)CC1. The van der Waals surface area contributed by atoms with Crippen LogP contribution >= 0.6 is 0 Å². The standard InChI is InChI=1S/C10H20N2O2/c1-11-5-8-12-6-3-9(4-7-12)10(13)14-2/h9,11H,3-8H2,1-2H3. The van der Waals surface area contributed by atoms with Gasteiger partial charge in [0.1, 0.15) is 0 Å². The van der Waals surface area contributed by atoms with Crippen molar-refractivity contribution in [2.75, 3.05) is 40.3 Å². The molecule has 0 amide bonds. The summed E-state index contributed by atoms with van der Waals surface area (Å²) in [5, 5.41) is 3.13. The van der Waals surface area contributed by atoms with Gasteiger partial charge in [0.2, 0.25) is 0 Å². The number of esters is 1. The molecule has 0 unspecified atom stereocenters. The van der Waals surface area contributed by atoms with Crippen LogP contribution in [-0.2, 0) is 9.53 Å². The third-order valence-corrected chi connectivity index (χ3v) is 2.80. The van der Waals surface area contributed by atoms with Crippen molar-refractivity contribution in [1.29, 1.82) is 0 Å². The Morgan fingerprint density at radius 1 is 1.50 bits per heavy atom. The molecule has 1 aliphatic heterocycles. The number of likely N-dealkylation sites (N-methyl/N-ethyl adjacent to an activating group) is 1. The third-order valence-electron chi connectivity index (χ3n) is 2.80. The molecule has 1 saturated heterocycles. The fraction of sp³-hybridized carbons (Fsp3) is 0.900. The van der Waals surface area contributed by atoms with Gasteiger partial charge < -0.3 is 15.0 Å². The molecular formula is C10H20N2O2. The molecule has 4 heteroatoms. The summed E-state index contributed by atoms with van der Waals surface area (Å²) in [6.45, 7) is 4.12. The lowest BCUT2D eigenvalue weighted by molar-refractivity contribution is -0.147. The number of hydrogen-bond donors (Lipinski definition) is 1. The minimum atomic E-state index is -0.0433. The van der Waals surface area contributed by atoms with Crippen LogP contribution in [0.15, 0.2) is 0 Å². The zero-order valence-electron chi connectivity index (χ0n) is 9.08. The number of hydrogen-bond acceptors (Lipinski definition) is 4. The zero-order chi connectivity index (χ0) is 10.4. The summed E-state index contributed by atoms with van der Waals surface area (Å²) < 4.78 is 4.74. The van der Waals surface area contributed by atoms with Crippen LogP contribution in [-0.4, -0.2) is 51.2 Å². The summed E-state index contributed by atoms with van der Waals surface area (Å²) in [5.74, 6) is 0.0871. The summed E-state index contributed by atoms with van der Waals surface area (Å²) >= 11 is 0. The smallest absolute Gasteiger partial charge is 0.308 e. The summed E-state index contributed by atoms with van der Waals surface area (Å²) in [4.78, 5) is 13.6. The van der Waals surface area contributed by atoms with E-state index in [9.17, 15) is 4.79 Å². The predicted octanol–water partition coefficient (Wildman–Crippen LogP) is 0.0908. The van der Waals surface area contributed by atoms with Crippen LogP contribution < -0.4 is 5.32 Å². The van der Waals surface area contributed by atoms with Gasteiger partial charge >= 0.3 is 5.97 Å². The number of carbonyl (C=O) groups is 1. The van der Waals surface area contributed by atoms with Crippen molar-refractivity contribution in [3.05, 3.63) is 0 Å². The Bertz CT molecular complexity index is 177. The largest absolute Gasteiger partial charge is 0.469 e. The predicted molar refractivity (Wildman–Crippen MR) is 55.1 cm³/mol. The number of ether oxygens (including phenoxy) is 1. The fourth-order valence-corrected chi connectivity index (χ4v) is 1.83. The molecule has 0 radical (unpaired) electrons. The number of likely N-dealkylation sites (tertiary alicyclic amines) is 1. The van der Waals surface area contributed by atoms with Gasteiger partial charge in [0.05, 0.1) is 13.0 Å². The highest BCUT2D eigenvalue weighted by atomic mass is 16.5. The Labute approximate surface area is 85.6 Å². The maximum atomic E-state index is 11.2. The van der Waals surface area contributed by atoms with Gasteiger partial charge in [-0.25, -0.2) is 0 Å². The number of rotatable bonds is 4. The Morgan fingerprint density at radius 2 is 2.14 bits per heavy atom. The van der Waals surface area contributed by atoms with E-state index >= 15 is 0 Å². The van der Waals surface area contributed by atoms with Crippen LogP contribution in [0.2, 0.25) is 0 Å². The van der Waals surface area contributed by atoms with Crippen molar-refractivity contribution in [2.45, 2.75) is 12.8 Å². The molecular weight excluding hydrogens is 180 g/mol. The lowest BCUT2D eigenvalue weighted by Gasteiger charge is -2.30. The van der Waals surface area contributed by atoms with Crippen molar-refractivity contribution in [1.82, 2.24) is 10.2 Å². The Kier molecular flexibility index (Phi) is 4.90. The van der Waals surface area contributed by atoms with Gasteiger partial charge in [-0.3, -0.25) is 4.79 Å². The zero-order valence-corrected chi connectivity index (χ0v) is 9.08. The molecule has 0 aliphatic carbocycles. The molecule has 1 N–H and O–H groups in total. The summed E-state index contributed by atoms with van der Waals surface area (Å²) in [6.07, 6.45) is 1.88. The molecule has 0 atom stereocenters. The first-order valence-electron chi connectivity index (χ1n) is 5.22. The lowest BCUT2D eigenvalue weighted by Crippen LogP contribution is -2.39. The van der Waals surface area contributed by atoms with Crippen LogP contribution in [0, 0.1) is 5.92 Å². The molecule has 1 heterocycles. The number of nitrogens with zero attached hydrogens (tertiary/aromatic N) is 1. The molecule has 1 aliphatic rings. The highest BCUT2D eigenvalue weighted by molar-refractivity contribution is 5.72. The molecule has 1 rings (SSSR count). The van der Waals surface area contributed by atoms with E-state index in [0.717, 1.165) is 39.0 Å². The Balaban J connectivity index is 2.20. The molecule has 14 heavy (non-hydrogen) atoms. The van der Waals surface area contributed by atoms with Crippen LogP contribution in [0.4, 0.5) is 0 Å². The van der Waals surface area contributed by atoms with E-state index in [1.54, 1.807) is 0 Å². The molecule has 0 saturated carbocycles. The number of nitrogens with one attached hydrogen (secondary N) is 1. The monoisotopic (exact) mass is 200 g/mol. The van der Waals surface area contributed by atoms with Crippen molar-refractivity contribution in [2.24, 2.45) is 5.92 Å². The van der Waals surface area contributed by atoms with Gasteiger partial charge in [0.15, 0.2) is 0 Å².